The highest BCUT2D eigenvalue weighted by molar-refractivity contribution is 5.74. The van der Waals surface area contributed by atoms with E-state index in [1.165, 1.54) is 12.1 Å². The minimum Gasteiger partial charge on any atom is -0.388 e. The van der Waals surface area contributed by atoms with Gasteiger partial charge in [-0.25, -0.2) is 13.6 Å². The predicted octanol–water partition coefficient (Wildman–Crippen LogP) is 3.45. The van der Waals surface area contributed by atoms with Gasteiger partial charge in [0.2, 0.25) is 0 Å². The number of aliphatic hydroxyl groups excluding tert-OH is 1. The topological polar surface area (TPSA) is 61.4 Å². The van der Waals surface area contributed by atoms with Gasteiger partial charge in [0.15, 0.2) is 11.6 Å². The van der Waals surface area contributed by atoms with Crippen molar-refractivity contribution in [3.8, 4) is 0 Å². The van der Waals surface area contributed by atoms with E-state index in [9.17, 15) is 18.7 Å². The fourth-order valence-electron chi connectivity index (χ4n) is 2.34. The van der Waals surface area contributed by atoms with Gasteiger partial charge in [-0.2, -0.15) is 0 Å². The maximum atomic E-state index is 13.7. The molecular formula is C18H20F2N2O2. The largest absolute Gasteiger partial charge is 0.388 e. The summed E-state index contributed by atoms with van der Waals surface area (Å²) in [5.41, 5.74) is 0.851. The first kappa shape index (κ1) is 17.9. The van der Waals surface area contributed by atoms with Gasteiger partial charge in [0.1, 0.15) is 0 Å². The number of carbonyl (C=O) groups is 1. The summed E-state index contributed by atoms with van der Waals surface area (Å²) in [5.74, 6) is -1.92. The molecule has 0 aliphatic heterocycles. The molecule has 4 nitrogen and oxygen atoms in total. The second-order valence-corrected chi connectivity index (χ2v) is 5.48. The van der Waals surface area contributed by atoms with Crippen LogP contribution in [0, 0.1) is 11.6 Å². The molecule has 0 heterocycles. The lowest BCUT2D eigenvalue weighted by atomic mass is 10.1. The standard InChI is InChI=1S/C18H20F2N2O2/c1-12(14-8-5-9-15(19)17(14)20)22-18(24)21-11-10-16(23)13-6-3-2-4-7-13/h2-9,12,16,23H,10-11H2,1H3,(H2,21,22,24). The van der Waals surface area contributed by atoms with Crippen molar-refractivity contribution in [2.24, 2.45) is 0 Å². The molecule has 3 N–H and O–H groups in total. The van der Waals surface area contributed by atoms with Gasteiger partial charge in [0.05, 0.1) is 12.1 Å². The summed E-state index contributed by atoms with van der Waals surface area (Å²) in [7, 11) is 0. The van der Waals surface area contributed by atoms with Crippen molar-refractivity contribution < 1.29 is 18.7 Å². The molecule has 0 aliphatic carbocycles. The number of benzene rings is 2. The highest BCUT2D eigenvalue weighted by atomic mass is 19.2. The molecule has 2 rings (SSSR count). The molecular weight excluding hydrogens is 314 g/mol. The van der Waals surface area contributed by atoms with Gasteiger partial charge < -0.3 is 15.7 Å². The van der Waals surface area contributed by atoms with Gasteiger partial charge in [-0.1, -0.05) is 42.5 Å². The van der Waals surface area contributed by atoms with E-state index >= 15 is 0 Å². The minimum absolute atomic E-state index is 0.0782. The van der Waals surface area contributed by atoms with Crippen molar-refractivity contribution in [2.75, 3.05) is 6.54 Å². The van der Waals surface area contributed by atoms with E-state index in [1.54, 1.807) is 19.1 Å². The Kier molecular flexibility index (Phi) is 6.26. The monoisotopic (exact) mass is 334 g/mol. The fraction of sp³-hybridized carbons (Fsp3) is 0.278. The van der Waals surface area contributed by atoms with Crippen molar-refractivity contribution in [1.29, 1.82) is 0 Å². The van der Waals surface area contributed by atoms with Crippen LogP contribution in [0.5, 0.6) is 0 Å². The van der Waals surface area contributed by atoms with Crippen LogP contribution in [0.25, 0.3) is 0 Å². The SMILES string of the molecule is CC(NC(=O)NCCC(O)c1ccccc1)c1cccc(F)c1F. The maximum absolute atomic E-state index is 13.7. The quantitative estimate of drug-likeness (QED) is 0.758. The average Bonchev–Trinajstić information content (AvgIpc) is 2.57. The molecule has 2 amide bonds. The Hall–Kier alpha value is -2.47. The highest BCUT2D eigenvalue weighted by Crippen LogP contribution is 2.19. The van der Waals surface area contributed by atoms with Crippen LogP contribution in [0.15, 0.2) is 48.5 Å². The first-order chi connectivity index (χ1) is 11.5. The van der Waals surface area contributed by atoms with E-state index in [1.807, 2.05) is 18.2 Å². The average molecular weight is 334 g/mol. The number of hydrogen-bond acceptors (Lipinski definition) is 2. The van der Waals surface area contributed by atoms with Crippen LogP contribution >= 0.6 is 0 Å². The zero-order valence-corrected chi connectivity index (χ0v) is 13.3. The van der Waals surface area contributed by atoms with E-state index < -0.39 is 29.8 Å². The maximum Gasteiger partial charge on any atom is 0.315 e. The molecule has 0 fully saturated rings. The van der Waals surface area contributed by atoms with Crippen molar-refractivity contribution in [2.45, 2.75) is 25.5 Å². The number of rotatable bonds is 6. The van der Waals surface area contributed by atoms with Crippen molar-refractivity contribution in [3.63, 3.8) is 0 Å². The van der Waals surface area contributed by atoms with Crippen LogP contribution in [-0.4, -0.2) is 17.7 Å². The molecule has 0 saturated heterocycles. The smallest absolute Gasteiger partial charge is 0.315 e. The lowest BCUT2D eigenvalue weighted by molar-refractivity contribution is 0.166. The molecule has 2 aromatic carbocycles. The molecule has 0 aromatic heterocycles. The first-order valence-electron chi connectivity index (χ1n) is 7.70. The Balaban J connectivity index is 1.80. The summed E-state index contributed by atoms with van der Waals surface area (Å²) >= 11 is 0. The summed E-state index contributed by atoms with van der Waals surface area (Å²) in [5, 5.41) is 15.1. The summed E-state index contributed by atoms with van der Waals surface area (Å²) < 4.78 is 26.9. The first-order valence-corrected chi connectivity index (χ1v) is 7.70. The second-order valence-electron chi connectivity index (χ2n) is 5.48. The number of aliphatic hydroxyl groups is 1. The summed E-state index contributed by atoms with van der Waals surface area (Å²) in [6.07, 6.45) is -0.329. The Morgan fingerprint density at radius 2 is 1.83 bits per heavy atom. The zero-order valence-electron chi connectivity index (χ0n) is 13.3. The number of nitrogens with one attached hydrogen (secondary N) is 2. The Bertz CT molecular complexity index is 680. The van der Waals surface area contributed by atoms with E-state index in [0.29, 0.717) is 6.42 Å². The Morgan fingerprint density at radius 3 is 2.54 bits per heavy atom. The highest BCUT2D eigenvalue weighted by Gasteiger charge is 2.16. The molecule has 0 aliphatic rings. The third kappa shape index (κ3) is 4.76. The van der Waals surface area contributed by atoms with E-state index in [2.05, 4.69) is 10.6 Å². The van der Waals surface area contributed by atoms with E-state index in [0.717, 1.165) is 11.6 Å². The second kappa shape index (κ2) is 8.40. The molecule has 2 unspecified atom stereocenters. The minimum atomic E-state index is -0.968. The van der Waals surface area contributed by atoms with Crippen LogP contribution in [0.2, 0.25) is 0 Å². The van der Waals surface area contributed by atoms with Gasteiger partial charge in [-0.05, 0) is 25.0 Å². The molecule has 128 valence electrons. The van der Waals surface area contributed by atoms with Gasteiger partial charge in [0, 0.05) is 12.1 Å². The lowest BCUT2D eigenvalue weighted by Crippen LogP contribution is -2.38. The van der Waals surface area contributed by atoms with Crippen LogP contribution < -0.4 is 10.6 Å². The summed E-state index contributed by atoms with van der Waals surface area (Å²) in [4.78, 5) is 11.8. The molecule has 2 atom stereocenters. The van der Waals surface area contributed by atoms with Crippen molar-refractivity contribution in [1.82, 2.24) is 10.6 Å². The van der Waals surface area contributed by atoms with Gasteiger partial charge in [0.25, 0.3) is 0 Å². The number of urea groups is 1. The molecule has 0 saturated carbocycles. The molecule has 24 heavy (non-hydrogen) atoms. The summed E-state index contributed by atoms with van der Waals surface area (Å²) in [6.45, 7) is 1.82. The van der Waals surface area contributed by atoms with Gasteiger partial charge >= 0.3 is 6.03 Å². The van der Waals surface area contributed by atoms with E-state index in [4.69, 9.17) is 0 Å². The fourth-order valence-corrected chi connectivity index (χ4v) is 2.34. The zero-order chi connectivity index (χ0) is 17.5. The molecule has 0 bridgehead atoms. The van der Waals surface area contributed by atoms with Crippen molar-refractivity contribution >= 4 is 6.03 Å². The van der Waals surface area contributed by atoms with Gasteiger partial charge in [-0.3, -0.25) is 0 Å². The summed E-state index contributed by atoms with van der Waals surface area (Å²) in [6, 6.07) is 11.8. The molecule has 6 heteroatoms. The van der Waals surface area contributed by atoms with Crippen LogP contribution in [0.1, 0.15) is 36.6 Å². The number of hydrogen-bond donors (Lipinski definition) is 3. The molecule has 0 radical (unpaired) electrons. The number of amides is 2. The Morgan fingerprint density at radius 1 is 1.12 bits per heavy atom. The number of halogens is 2. The molecule has 0 spiro atoms. The van der Waals surface area contributed by atoms with Crippen LogP contribution in [0.4, 0.5) is 13.6 Å². The van der Waals surface area contributed by atoms with Gasteiger partial charge in [-0.15, -0.1) is 0 Å². The normalized spacial score (nSPS) is 13.2. The van der Waals surface area contributed by atoms with E-state index in [-0.39, 0.29) is 12.1 Å². The number of carbonyl (C=O) groups excluding carboxylic acids is 1. The third-order valence-corrected chi connectivity index (χ3v) is 3.68. The third-order valence-electron chi connectivity index (χ3n) is 3.68. The molecule has 2 aromatic rings. The van der Waals surface area contributed by atoms with Crippen LogP contribution in [-0.2, 0) is 0 Å². The predicted molar refractivity (Wildman–Crippen MR) is 87.3 cm³/mol. The van der Waals surface area contributed by atoms with Crippen LogP contribution in [0.3, 0.4) is 0 Å². The Labute approximate surface area is 139 Å². The van der Waals surface area contributed by atoms with Crippen molar-refractivity contribution in [3.05, 3.63) is 71.3 Å². The lowest BCUT2D eigenvalue weighted by Gasteiger charge is -2.17.